The first-order chi connectivity index (χ1) is 7.13. The van der Waals surface area contributed by atoms with Gasteiger partial charge in [0.25, 0.3) is 0 Å². The third-order valence-corrected chi connectivity index (χ3v) is 3.22. The number of phenols is 1. The van der Waals surface area contributed by atoms with Crippen LogP contribution in [0, 0.1) is 0 Å². The molecule has 1 aromatic rings. The molecule has 0 aliphatic heterocycles. The van der Waals surface area contributed by atoms with E-state index in [9.17, 15) is 5.11 Å². The van der Waals surface area contributed by atoms with Gasteiger partial charge in [0.15, 0.2) is 0 Å². The Morgan fingerprint density at radius 1 is 1.53 bits per heavy atom. The summed E-state index contributed by atoms with van der Waals surface area (Å²) < 4.78 is 0. The molecule has 84 valence electrons. The summed E-state index contributed by atoms with van der Waals surface area (Å²) in [6.07, 6.45) is 2.09. The molecule has 0 fully saturated rings. The van der Waals surface area contributed by atoms with Crippen LogP contribution in [0.25, 0.3) is 0 Å². The lowest BCUT2D eigenvalue weighted by Gasteiger charge is -2.12. The molecule has 4 heteroatoms. The molecule has 0 saturated heterocycles. The Hall–Kier alpha value is -0.380. The highest BCUT2D eigenvalue weighted by atomic mass is 35.5. The van der Waals surface area contributed by atoms with Crippen molar-refractivity contribution >= 4 is 23.4 Å². The Morgan fingerprint density at radius 2 is 2.27 bits per heavy atom. The fraction of sp³-hybridized carbons (Fsp3) is 0.455. The van der Waals surface area contributed by atoms with Gasteiger partial charge in [0, 0.05) is 18.3 Å². The third kappa shape index (κ3) is 4.33. The van der Waals surface area contributed by atoms with Gasteiger partial charge in [-0.25, -0.2) is 0 Å². The zero-order valence-corrected chi connectivity index (χ0v) is 10.5. The summed E-state index contributed by atoms with van der Waals surface area (Å²) in [5.41, 5.74) is 1.09. The average Bonchev–Trinajstić information content (AvgIpc) is 2.20. The summed E-state index contributed by atoms with van der Waals surface area (Å²) >= 11 is 7.63. The van der Waals surface area contributed by atoms with Crippen molar-refractivity contribution in [3.8, 4) is 5.75 Å². The second kappa shape index (κ2) is 6.26. The molecule has 0 heterocycles. The number of aromatic hydroxyl groups is 1. The van der Waals surface area contributed by atoms with Crippen molar-refractivity contribution in [3.63, 3.8) is 0 Å². The lowest BCUT2D eigenvalue weighted by atomic mass is 10.2. The number of hydrogen-bond acceptors (Lipinski definition) is 3. The van der Waals surface area contributed by atoms with Gasteiger partial charge in [0.2, 0.25) is 0 Å². The van der Waals surface area contributed by atoms with Gasteiger partial charge in [-0.05, 0) is 30.9 Å². The van der Waals surface area contributed by atoms with Crippen molar-refractivity contribution in [2.45, 2.75) is 19.5 Å². The highest BCUT2D eigenvalue weighted by Crippen LogP contribution is 2.23. The maximum Gasteiger partial charge on any atom is 0.134 e. The van der Waals surface area contributed by atoms with Crippen molar-refractivity contribution < 1.29 is 5.11 Å². The third-order valence-electron chi connectivity index (χ3n) is 2.08. The number of rotatable bonds is 5. The topological polar surface area (TPSA) is 32.3 Å². The Balaban J connectivity index is 2.47. The van der Waals surface area contributed by atoms with Crippen LogP contribution in [0.4, 0.5) is 0 Å². The molecular weight excluding hydrogens is 230 g/mol. The van der Waals surface area contributed by atoms with Crippen LogP contribution < -0.4 is 5.32 Å². The molecule has 1 atom stereocenters. The minimum Gasteiger partial charge on any atom is -0.506 e. The van der Waals surface area contributed by atoms with Gasteiger partial charge >= 0.3 is 0 Å². The van der Waals surface area contributed by atoms with Crippen molar-refractivity contribution in [3.05, 3.63) is 28.8 Å². The van der Waals surface area contributed by atoms with Crippen molar-refractivity contribution in [2.75, 3.05) is 12.0 Å². The van der Waals surface area contributed by atoms with Crippen LogP contribution in [-0.4, -0.2) is 23.2 Å². The van der Waals surface area contributed by atoms with Gasteiger partial charge in [0.05, 0.1) is 5.02 Å². The molecule has 0 bridgehead atoms. The van der Waals surface area contributed by atoms with Crippen LogP contribution >= 0.6 is 23.4 Å². The predicted octanol–water partition coefficient (Wildman–Crippen LogP) is 2.89. The van der Waals surface area contributed by atoms with Crippen LogP contribution in [0.5, 0.6) is 5.75 Å². The molecular formula is C11H16ClNOS. The number of benzene rings is 1. The van der Waals surface area contributed by atoms with Crippen molar-refractivity contribution in [2.24, 2.45) is 0 Å². The SMILES string of the molecule is CSCC(C)NCc1ccc(O)c(Cl)c1. The summed E-state index contributed by atoms with van der Waals surface area (Å²) in [6.45, 7) is 2.93. The summed E-state index contributed by atoms with van der Waals surface area (Å²) in [5, 5.41) is 13.0. The molecule has 1 rings (SSSR count). The van der Waals surface area contributed by atoms with Crippen molar-refractivity contribution in [1.82, 2.24) is 5.32 Å². The van der Waals surface area contributed by atoms with E-state index < -0.39 is 0 Å². The second-order valence-electron chi connectivity index (χ2n) is 3.52. The quantitative estimate of drug-likeness (QED) is 0.837. The highest BCUT2D eigenvalue weighted by molar-refractivity contribution is 7.98. The molecule has 0 radical (unpaired) electrons. The van der Waals surface area contributed by atoms with E-state index in [1.807, 2.05) is 17.8 Å². The maximum absolute atomic E-state index is 9.25. The fourth-order valence-corrected chi connectivity index (χ4v) is 2.08. The van der Waals surface area contributed by atoms with E-state index in [-0.39, 0.29) is 5.75 Å². The lowest BCUT2D eigenvalue weighted by Crippen LogP contribution is -2.27. The van der Waals surface area contributed by atoms with E-state index in [4.69, 9.17) is 11.6 Å². The van der Waals surface area contributed by atoms with Gasteiger partial charge < -0.3 is 10.4 Å². The van der Waals surface area contributed by atoms with Crippen LogP contribution in [0.2, 0.25) is 5.02 Å². The van der Waals surface area contributed by atoms with Crippen LogP contribution in [0.1, 0.15) is 12.5 Å². The molecule has 2 nitrogen and oxygen atoms in total. The minimum atomic E-state index is 0.137. The minimum absolute atomic E-state index is 0.137. The van der Waals surface area contributed by atoms with Crippen LogP contribution in [-0.2, 0) is 6.54 Å². The zero-order chi connectivity index (χ0) is 11.3. The van der Waals surface area contributed by atoms with E-state index in [1.54, 1.807) is 12.1 Å². The molecule has 1 unspecified atom stereocenters. The molecule has 2 N–H and O–H groups in total. The maximum atomic E-state index is 9.25. The lowest BCUT2D eigenvalue weighted by molar-refractivity contribution is 0.475. The molecule has 0 amide bonds. The summed E-state index contributed by atoms with van der Waals surface area (Å²) in [6, 6.07) is 5.77. The van der Waals surface area contributed by atoms with E-state index in [2.05, 4.69) is 18.5 Å². The number of thioether (sulfide) groups is 1. The standard InChI is InChI=1S/C11H16ClNOS/c1-8(7-15-2)13-6-9-3-4-11(14)10(12)5-9/h3-5,8,13-14H,6-7H2,1-2H3. The van der Waals surface area contributed by atoms with Gasteiger partial charge in [-0.1, -0.05) is 17.7 Å². The van der Waals surface area contributed by atoms with Crippen LogP contribution in [0.15, 0.2) is 18.2 Å². The monoisotopic (exact) mass is 245 g/mol. The first-order valence-electron chi connectivity index (χ1n) is 4.83. The largest absolute Gasteiger partial charge is 0.506 e. The Morgan fingerprint density at radius 3 is 2.87 bits per heavy atom. The van der Waals surface area contributed by atoms with Gasteiger partial charge in [0.1, 0.15) is 5.75 Å². The second-order valence-corrected chi connectivity index (χ2v) is 4.84. The molecule has 0 spiro atoms. The average molecular weight is 246 g/mol. The van der Waals surface area contributed by atoms with E-state index in [0.29, 0.717) is 11.1 Å². The Bertz CT molecular complexity index is 319. The smallest absolute Gasteiger partial charge is 0.134 e. The fourth-order valence-electron chi connectivity index (χ4n) is 1.26. The van der Waals surface area contributed by atoms with Crippen LogP contribution in [0.3, 0.4) is 0 Å². The molecule has 15 heavy (non-hydrogen) atoms. The highest BCUT2D eigenvalue weighted by Gasteiger charge is 2.02. The molecule has 0 aromatic heterocycles. The number of halogens is 1. The Labute approximate surface area is 100 Å². The molecule has 1 aromatic carbocycles. The van der Waals surface area contributed by atoms with Crippen molar-refractivity contribution in [1.29, 1.82) is 0 Å². The zero-order valence-electron chi connectivity index (χ0n) is 8.96. The van der Waals surface area contributed by atoms with Gasteiger partial charge in [-0.3, -0.25) is 0 Å². The number of nitrogens with one attached hydrogen (secondary N) is 1. The van der Waals surface area contributed by atoms with Gasteiger partial charge in [-0.2, -0.15) is 11.8 Å². The summed E-state index contributed by atoms with van der Waals surface area (Å²) in [5.74, 6) is 1.23. The van der Waals surface area contributed by atoms with E-state index in [1.165, 1.54) is 0 Å². The molecule has 0 saturated carbocycles. The first kappa shape index (κ1) is 12.7. The molecule has 0 aliphatic carbocycles. The van der Waals surface area contributed by atoms with E-state index in [0.717, 1.165) is 17.9 Å². The summed E-state index contributed by atoms with van der Waals surface area (Å²) in [4.78, 5) is 0. The number of hydrogen-bond donors (Lipinski definition) is 2. The van der Waals surface area contributed by atoms with Gasteiger partial charge in [-0.15, -0.1) is 0 Å². The first-order valence-corrected chi connectivity index (χ1v) is 6.60. The van der Waals surface area contributed by atoms with E-state index >= 15 is 0 Å². The molecule has 0 aliphatic rings. The number of phenolic OH excluding ortho intramolecular Hbond substituents is 1. The summed E-state index contributed by atoms with van der Waals surface area (Å²) in [7, 11) is 0. The normalized spacial score (nSPS) is 12.7. The Kier molecular flexibility index (Phi) is 5.29. The predicted molar refractivity (Wildman–Crippen MR) is 67.8 cm³/mol.